The zero-order chi connectivity index (χ0) is 18.4. The van der Waals surface area contributed by atoms with Crippen LogP contribution in [0.2, 0.25) is 0 Å². The highest BCUT2D eigenvalue weighted by atomic mass is 79.9. The zero-order valence-electron chi connectivity index (χ0n) is 13.7. The number of carbonyl (C=O) groups excluding carboxylic acids is 2. The summed E-state index contributed by atoms with van der Waals surface area (Å²) < 4.78 is 16.6. The van der Waals surface area contributed by atoms with Crippen molar-refractivity contribution in [2.24, 2.45) is 0 Å². The Bertz CT molecular complexity index is 800. The Labute approximate surface area is 157 Å². The van der Waals surface area contributed by atoms with E-state index in [1.807, 2.05) is 0 Å². The number of ether oxygens (including phenoxy) is 3. The minimum absolute atomic E-state index is 0.0376. The molecule has 0 saturated carbocycles. The molecule has 0 saturated heterocycles. The summed E-state index contributed by atoms with van der Waals surface area (Å²) in [5.74, 6) is 0.0420. The molecule has 132 valence electrons. The van der Waals surface area contributed by atoms with Gasteiger partial charge in [0.2, 0.25) is 5.88 Å². The number of carbonyl (C=O) groups is 2. The van der Waals surface area contributed by atoms with E-state index in [1.54, 1.807) is 19.2 Å². The second-order valence-electron chi connectivity index (χ2n) is 4.55. The highest BCUT2D eigenvalue weighted by Gasteiger charge is 2.21. The maximum atomic E-state index is 12.1. The fourth-order valence-corrected chi connectivity index (χ4v) is 2.75. The van der Waals surface area contributed by atoms with Crippen LogP contribution in [-0.2, 0) is 4.74 Å². The fraction of sp³-hybridized carbons (Fsp3) is 0.250. The highest BCUT2D eigenvalue weighted by molar-refractivity contribution is 9.10. The molecule has 1 aromatic heterocycles. The van der Waals surface area contributed by atoms with Gasteiger partial charge in [0.15, 0.2) is 16.7 Å². The predicted molar refractivity (Wildman–Crippen MR) is 95.9 cm³/mol. The van der Waals surface area contributed by atoms with Crippen LogP contribution >= 0.6 is 27.7 Å². The van der Waals surface area contributed by atoms with Gasteiger partial charge < -0.3 is 14.2 Å². The summed E-state index contributed by atoms with van der Waals surface area (Å²) in [6.45, 7) is 1.91. The van der Waals surface area contributed by atoms with Gasteiger partial charge in [0.1, 0.15) is 11.8 Å². The second-order valence-corrected chi connectivity index (χ2v) is 6.18. The molecule has 0 aliphatic carbocycles. The first kappa shape index (κ1) is 19.2. The van der Waals surface area contributed by atoms with Gasteiger partial charge in [-0.15, -0.1) is 0 Å². The van der Waals surface area contributed by atoms with E-state index in [2.05, 4.69) is 25.9 Å². The van der Waals surface area contributed by atoms with Crippen LogP contribution in [0.4, 0.5) is 0 Å². The summed E-state index contributed by atoms with van der Waals surface area (Å²) in [5, 5.41) is 0.433. The summed E-state index contributed by atoms with van der Waals surface area (Å²) in [6.07, 6.45) is 3.85. The van der Waals surface area contributed by atoms with Crippen molar-refractivity contribution in [1.29, 1.82) is 0 Å². The van der Waals surface area contributed by atoms with E-state index in [1.165, 1.54) is 31.1 Å². The lowest BCUT2D eigenvalue weighted by Crippen LogP contribution is -2.09. The Morgan fingerprint density at radius 3 is 2.76 bits per heavy atom. The lowest BCUT2D eigenvalue weighted by molar-refractivity contribution is 0.0521. The van der Waals surface area contributed by atoms with E-state index in [0.29, 0.717) is 27.2 Å². The molecule has 0 aliphatic heterocycles. The van der Waals surface area contributed by atoms with E-state index in [-0.39, 0.29) is 23.8 Å². The third kappa shape index (κ3) is 4.49. The first-order valence-electron chi connectivity index (χ1n) is 7.12. The molecule has 0 N–H and O–H groups in total. The number of aldehydes is 1. The molecular formula is C16H15BrN2O5S. The standard InChI is InChI=1S/C16H15BrN2O5S/c1-4-23-15(21)10-7-18-16(25-3)19-14(10)24-13-11(17)5-9(8-20)6-12(13)22-2/h5-8H,4H2,1-3H3. The van der Waals surface area contributed by atoms with Gasteiger partial charge in [0.25, 0.3) is 0 Å². The molecule has 0 atom stereocenters. The number of nitrogens with zero attached hydrogens (tertiary/aromatic N) is 2. The van der Waals surface area contributed by atoms with Crippen molar-refractivity contribution in [2.45, 2.75) is 12.1 Å². The van der Waals surface area contributed by atoms with Crippen molar-refractivity contribution in [3.05, 3.63) is 33.9 Å². The monoisotopic (exact) mass is 426 g/mol. The molecule has 7 nitrogen and oxygen atoms in total. The topological polar surface area (TPSA) is 87.6 Å². The van der Waals surface area contributed by atoms with Crippen LogP contribution in [0.25, 0.3) is 0 Å². The van der Waals surface area contributed by atoms with Crippen LogP contribution in [0, 0.1) is 0 Å². The predicted octanol–water partition coefficient (Wildman–Crippen LogP) is 3.75. The maximum absolute atomic E-state index is 12.1. The Kier molecular flexibility index (Phi) is 6.77. The third-order valence-electron chi connectivity index (χ3n) is 3.00. The molecule has 2 rings (SSSR count). The number of thioether (sulfide) groups is 1. The molecule has 0 radical (unpaired) electrons. The lowest BCUT2D eigenvalue weighted by atomic mass is 10.2. The Morgan fingerprint density at radius 1 is 1.40 bits per heavy atom. The number of hydrogen-bond donors (Lipinski definition) is 0. The maximum Gasteiger partial charge on any atom is 0.345 e. The number of esters is 1. The van der Waals surface area contributed by atoms with Crippen LogP contribution in [0.5, 0.6) is 17.4 Å². The molecule has 9 heteroatoms. The van der Waals surface area contributed by atoms with Gasteiger partial charge in [0, 0.05) is 11.8 Å². The van der Waals surface area contributed by atoms with Gasteiger partial charge in [0.05, 0.1) is 18.2 Å². The Morgan fingerprint density at radius 2 is 2.16 bits per heavy atom. The van der Waals surface area contributed by atoms with Gasteiger partial charge in [-0.05, 0) is 41.2 Å². The van der Waals surface area contributed by atoms with Crippen molar-refractivity contribution >= 4 is 39.9 Å². The Hall–Kier alpha value is -2.13. The van der Waals surface area contributed by atoms with Crippen LogP contribution in [0.15, 0.2) is 28.0 Å². The van der Waals surface area contributed by atoms with Gasteiger partial charge >= 0.3 is 5.97 Å². The van der Waals surface area contributed by atoms with Gasteiger partial charge in [-0.2, -0.15) is 4.98 Å². The Balaban J connectivity index is 2.52. The van der Waals surface area contributed by atoms with Crippen LogP contribution in [-0.4, -0.2) is 42.2 Å². The van der Waals surface area contributed by atoms with Crippen molar-refractivity contribution < 1.29 is 23.8 Å². The normalized spacial score (nSPS) is 10.2. The first-order chi connectivity index (χ1) is 12.0. The third-order valence-corrected chi connectivity index (χ3v) is 4.15. The zero-order valence-corrected chi connectivity index (χ0v) is 16.1. The summed E-state index contributed by atoms with van der Waals surface area (Å²) in [5.41, 5.74) is 0.502. The lowest BCUT2D eigenvalue weighted by Gasteiger charge is -2.14. The van der Waals surface area contributed by atoms with Crippen molar-refractivity contribution in [3.8, 4) is 17.4 Å². The number of aromatic nitrogens is 2. The molecule has 0 bridgehead atoms. The van der Waals surface area contributed by atoms with Crippen LogP contribution < -0.4 is 9.47 Å². The minimum Gasteiger partial charge on any atom is -0.493 e. The highest BCUT2D eigenvalue weighted by Crippen LogP contribution is 2.39. The van der Waals surface area contributed by atoms with Gasteiger partial charge in [-0.3, -0.25) is 4.79 Å². The van der Waals surface area contributed by atoms with E-state index >= 15 is 0 Å². The number of rotatable bonds is 7. The van der Waals surface area contributed by atoms with Gasteiger partial charge in [-0.25, -0.2) is 9.78 Å². The largest absolute Gasteiger partial charge is 0.493 e. The second kappa shape index (κ2) is 8.82. The first-order valence-corrected chi connectivity index (χ1v) is 9.14. The fourth-order valence-electron chi connectivity index (χ4n) is 1.88. The van der Waals surface area contributed by atoms with Crippen molar-refractivity contribution in [2.75, 3.05) is 20.0 Å². The summed E-state index contributed by atoms with van der Waals surface area (Å²) >= 11 is 4.64. The minimum atomic E-state index is -0.593. The van der Waals surface area contributed by atoms with Crippen molar-refractivity contribution in [1.82, 2.24) is 9.97 Å². The van der Waals surface area contributed by atoms with Crippen LogP contribution in [0.3, 0.4) is 0 Å². The SMILES string of the molecule is CCOC(=O)c1cnc(SC)nc1Oc1c(Br)cc(C=O)cc1OC. The molecule has 1 aromatic carbocycles. The van der Waals surface area contributed by atoms with E-state index < -0.39 is 5.97 Å². The smallest absolute Gasteiger partial charge is 0.345 e. The van der Waals surface area contributed by atoms with Crippen molar-refractivity contribution in [3.63, 3.8) is 0 Å². The molecule has 2 aromatic rings. The molecule has 0 aliphatic rings. The van der Waals surface area contributed by atoms with E-state index in [4.69, 9.17) is 14.2 Å². The molecule has 0 fully saturated rings. The van der Waals surface area contributed by atoms with E-state index in [9.17, 15) is 9.59 Å². The number of benzene rings is 1. The quantitative estimate of drug-likeness (QED) is 0.286. The molecule has 0 spiro atoms. The number of hydrogen-bond acceptors (Lipinski definition) is 8. The molecular weight excluding hydrogens is 412 g/mol. The molecule has 1 heterocycles. The average Bonchev–Trinajstić information content (AvgIpc) is 2.63. The summed E-state index contributed by atoms with van der Waals surface area (Å²) in [6, 6.07) is 3.10. The number of halogens is 1. The number of methoxy groups -OCH3 is 1. The molecule has 0 amide bonds. The van der Waals surface area contributed by atoms with Crippen LogP contribution in [0.1, 0.15) is 27.6 Å². The molecule has 0 unspecified atom stereocenters. The average molecular weight is 427 g/mol. The summed E-state index contributed by atoms with van der Waals surface area (Å²) in [7, 11) is 1.45. The van der Waals surface area contributed by atoms with Gasteiger partial charge in [-0.1, -0.05) is 11.8 Å². The molecule has 25 heavy (non-hydrogen) atoms. The summed E-state index contributed by atoms with van der Waals surface area (Å²) in [4.78, 5) is 31.4. The van der Waals surface area contributed by atoms with E-state index in [0.717, 1.165) is 0 Å².